The molecule has 0 aliphatic heterocycles. The summed E-state index contributed by atoms with van der Waals surface area (Å²) in [5.74, 6) is -0.0620. The van der Waals surface area contributed by atoms with Crippen molar-refractivity contribution < 1.29 is 15.0 Å². The second-order valence-electron chi connectivity index (χ2n) is 15.8. The Labute approximate surface area is 319 Å². The largest absolute Gasteiger partial charge is 0.394 e. The number of hydrogen-bond acceptors (Lipinski definition) is 3. The molecule has 0 rings (SSSR count). The monoisotopic (exact) mass is 718 g/mol. The van der Waals surface area contributed by atoms with Crippen LogP contribution in [0, 0.1) is 0 Å². The molecule has 4 nitrogen and oxygen atoms in total. The number of hydrogen-bond donors (Lipinski definition) is 3. The average Bonchev–Trinajstić information content (AvgIpc) is 3.13. The molecule has 0 radical (unpaired) electrons. The highest BCUT2D eigenvalue weighted by molar-refractivity contribution is 5.76. The van der Waals surface area contributed by atoms with Crippen molar-refractivity contribution in [2.24, 2.45) is 0 Å². The van der Waals surface area contributed by atoms with E-state index in [-0.39, 0.29) is 12.5 Å². The smallest absolute Gasteiger partial charge is 0.220 e. The number of aliphatic hydroxyl groups is 2. The minimum Gasteiger partial charge on any atom is -0.394 e. The SMILES string of the molecule is CCCCCCCCCC/C=C\CCCCCCCCCCCCCCCC(=O)NC(CO)C(O)/C=C/CCCCCCCCCCCCCC. The van der Waals surface area contributed by atoms with E-state index in [1.165, 1.54) is 205 Å². The number of aliphatic hydroxyl groups excluding tert-OH is 2. The van der Waals surface area contributed by atoms with Gasteiger partial charge < -0.3 is 15.5 Å². The molecular weight excluding hydrogens is 627 g/mol. The van der Waals surface area contributed by atoms with Crippen LogP contribution >= 0.6 is 0 Å². The van der Waals surface area contributed by atoms with Crippen molar-refractivity contribution >= 4 is 5.91 Å². The van der Waals surface area contributed by atoms with Gasteiger partial charge in [-0.25, -0.2) is 0 Å². The Hall–Kier alpha value is -1.13. The maximum atomic E-state index is 12.4. The number of carbonyl (C=O) groups excluding carboxylic acids is 1. The molecule has 0 aliphatic carbocycles. The zero-order chi connectivity index (χ0) is 37.1. The molecule has 1 amide bonds. The van der Waals surface area contributed by atoms with E-state index in [0.717, 1.165) is 25.7 Å². The van der Waals surface area contributed by atoms with Crippen LogP contribution in [0.4, 0.5) is 0 Å². The number of rotatable bonds is 42. The second kappa shape index (κ2) is 43.3. The maximum absolute atomic E-state index is 12.4. The first-order valence-electron chi connectivity index (χ1n) is 23.1. The molecule has 0 aliphatic rings. The lowest BCUT2D eigenvalue weighted by atomic mass is 10.0. The zero-order valence-electron chi connectivity index (χ0n) is 34.6. The zero-order valence-corrected chi connectivity index (χ0v) is 34.6. The molecule has 0 saturated carbocycles. The van der Waals surface area contributed by atoms with Crippen molar-refractivity contribution in [2.75, 3.05) is 6.61 Å². The average molecular weight is 718 g/mol. The molecule has 0 aromatic rings. The van der Waals surface area contributed by atoms with E-state index < -0.39 is 12.1 Å². The molecule has 0 fully saturated rings. The van der Waals surface area contributed by atoms with Gasteiger partial charge in [-0.05, 0) is 44.9 Å². The lowest BCUT2D eigenvalue weighted by molar-refractivity contribution is -0.123. The summed E-state index contributed by atoms with van der Waals surface area (Å²) < 4.78 is 0. The molecule has 2 unspecified atom stereocenters. The molecule has 4 heteroatoms. The van der Waals surface area contributed by atoms with Crippen molar-refractivity contribution in [1.29, 1.82) is 0 Å². The molecule has 0 bridgehead atoms. The number of allylic oxidation sites excluding steroid dienone is 3. The van der Waals surface area contributed by atoms with Crippen molar-refractivity contribution in [3.63, 3.8) is 0 Å². The van der Waals surface area contributed by atoms with Gasteiger partial charge in [0.25, 0.3) is 0 Å². The van der Waals surface area contributed by atoms with Gasteiger partial charge in [-0.2, -0.15) is 0 Å². The molecule has 0 aromatic carbocycles. The number of amides is 1. The van der Waals surface area contributed by atoms with Crippen molar-refractivity contribution in [3.05, 3.63) is 24.3 Å². The lowest BCUT2D eigenvalue weighted by Gasteiger charge is -2.20. The van der Waals surface area contributed by atoms with E-state index in [4.69, 9.17) is 0 Å². The van der Waals surface area contributed by atoms with Gasteiger partial charge in [-0.15, -0.1) is 0 Å². The van der Waals surface area contributed by atoms with Gasteiger partial charge in [0, 0.05) is 6.42 Å². The van der Waals surface area contributed by atoms with Crippen molar-refractivity contribution in [2.45, 2.75) is 264 Å². The summed E-state index contributed by atoms with van der Waals surface area (Å²) in [5.41, 5.74) is 0. The second-order valence-corrected chi connectivity index (χ2v) is 15.8. The van der Waals surface area contributed by atoms with Gasteiger partial charge in [-0.3, -0.25) is 4.79 Å². The normalized spacial score (nSPS) is 13.1. The molecule has 302 valence electrons. The Bertz CT molecular complexity index is 735. The minimum absolute atomic E-state index is 0.0620. The molecular formula is C47H91NO3. The summed E-state index contributed by atoms with van der Waals surface area (Å²) in [7, 11) is 0. The molecule has 0 spiro atoms. The third-order valence-electron chi connectivity index (χ3n) is 10.7. The third-order valence-corrected chi connectivity index (χ3v) is 10.7. The Morgan fingerprint density at radius 1 is 0.451 bits per heavy atom. The first-order valence-corrected chi connectivity index (χ1v) is 23.1. The third kappa shape index (κ3) is 39.9. The van der Waals surface area contributed by atoms with Crippen LogP contribution in [0.3, 0.4) is 0 Å². The van der Waals surface area contributed by atoms with E-state index in [2.05, 4.69) is 31.3 Å². The summed E-state index contributed by atoms with van der Waals surface area (Å²) in [6.45, 7) is 4.32. The van der Waals surface area contributed by atoms with E-state index in [9.17, 15) is 15.0 Å². The molecule has 2 atom stereocenters. The highest BCUT2D eigenvalue weighted by atomic mass is 16.3. The van der Waals surface area contributed by atoms with E-state index >= 15 is 0 Å². The Morgan fingerprint density at radius 2 is 0.745 bits per heavy atom. The first kappa shape index (κ1) is 49.9. The Morgan fingerprint density at radius 3 is 1.08 bits per heavy atom. The fraction of sp³-hybridized carbons (Fsp3) is 0.894. The Balaban J connectivity index is 3.50. The van der Waals surface area contributed by atoms with E-state index in [1.54, 1.807) is 6.08 Å². The summed E-state index contributed by atoms with van der Waals surface area (Å²) in [4.78, 5) is 12.4. The van der Waals surface area contributed by atoms with Crippen LogP contribution < -0.4 is 5.32 Å². The molecule has 3 N–H and O–H groups in total. The minimum atomic E-state index is -0.835. The number of unbranched alkanes of at least 4 members (excludes halogenated alkanes) is 33. The summed E-state index contributed by atoms with van der Waals surface area (Å²) in [6, 6.07) is -0.618. The van der Waals surface area contributed by atoms with E-state index in [1.807, 2.05) is 6.08 Å². The maximum Gasteiger partial charge on any atom is 0.220 e. The van der Waals surface area contributed by atoms with Gasteiger partial charge in [0.2, 0.25) is 5.91 Å². The van der Waals surface area contributed by atoms with Gasteiger partial charge >= 0.3 is 0 Å². The highest BCUT2D eigenvalue weighted by Crippen LogP contribution is 2.15. The standard InChI is InChI=1S/C47H91NO3/c1-3-5-7-9-11-13-15-17-19-20-21-22-23-24-25-26-27-28-29-31-33-35-37-39-41-43-47(51)48-45(44-49)46(50)42-40-38-36-34-32-30-18-16-14-12-10-8-6-4-2/h20-21,40,42,45-46,49-50H,3-19,22-39,41,43-44H2,1-2H3,(H,48,51)/b21-20-,42-40+. The Kier molecular flexibility index (Phi) is 42.3. The van der Waals surface area contributed by atoms with Gasteiger partial charge in [0.1, 0.15) is 0 Å². The van der Waals surface area contributed by atoms with Crippen molar-refractivity contribution in [3.8, 4) is 0 Å². The van der Waals surface area contributed by atoms with Crippen LogP contribution in [0.25, 0.3) is 0 Å². The highest BCUT2D eigenvalue weighted by Gasteiger charge is 2.17. The predicted molar refractivity (Wildman–Crippen MR) is 225 cm³/mol. The quantitative estimate of drug-likeness (QED) is 0.0435. The fourth-order valence-electron chi connectivity index (χ4n) is 7.11. The summed E-state index contributed by atoms with van der Waals surface area (Å²) in [6.07, 6.45) is 55.8. The van der Waals surface area contributed by atoms with Crippen LogP contribution in [-0.2, 0) is 4.79 Å². The number of carbonyl (C=O) groups is 1. The topological polar surface area (TPSA) is 69.6 Å². The van der Waals surface area contributed by atoms with E-state index in [0.29, 0.717) is 6.42 Å². The van der Waals surface area contributed by atoms with Crippen molar-refractivity contribution in [1.82, 2.24) is 5.32 Å². The van der Waals surface area contributed by atoms with Crippen LogP contribution in [0.15, 0.2) is 24.3 Å². The summed E-state index contributed by atoms with van der Waals surface area (Å²) in [5, 5.41) is 23.0. The predicted octanol–water partition coefficient (Wildman–Crippen LogP) is 14.4. The molecule has 0 aromatic heterocycles. The molecule has 51 heavy (non-hydrogen) atoms. The summed E-state index contributed by atoms with van der Waals surface area (Å²) >= 11 is 0. The van der Waals surface area contributed by atoms with Gasteiger partial charge in [0.05, 0.1) is 18.8 Å². The van der Waals surface area contributed by atoms with Gasteiger partial charge in [0.15, 0.2) is 0 Å². The number of nitrogens with one attached hydrogen (secondary N) is 1. The molecule has 0 heterocycles. The van der Waals surface area contributed by atoms with Crippen LogP contribution in [0.2, 0.25) is 0 Å². The first-order chi connectivity index (χ1) is 25.2. The lowest BCUT2D eigenvalue weighted by Crippen LogP contribution is -2.45. The van der Waals surface area contributed by atoms with Gasteiger partial charge in [-0.1, -0.05) is 224 Å². The van der Waals surface area contributed by atoms with Crippen LogP contribution in [0.1, 0.15) is 251 Å². The van der Waals surface area contributed by atoms with Crippen LogP contribution in [0.5, 0.6) is 0 Å². The van der Waals surface area contributed by atoms with Crippen LogP contribution in [-0.4, -0.2) is 34.9 Å². The fourth-order valence-corrected chi connectivity index (χ4v) is 7.11. The molecule has 0 saturated heterocycles.